The Hall–Kier alpha value is -3.37. The molecule has 48 heavy (non-hydrogen) atoms. The van der Waals surface area contributed by atoms with Crippen molar-refractivity contribution in [2.45, 2.75) is 42.2 Å². The van der Waals surface area contributed by atoms with Gasteiger partial charge >= 0.3 is 12.6 Å². The van der Waals surface area contributed by atoms with Crippen LogP contribution in [0.1, 0.15) is 40.4 Å². The van der Waals surface area contributed by atoms with Crippen LogP contribution in [0.4, 0.5) is 8.78 Å². The van der Waals surface area contributed by atoms with Gasteiger partial charge in [-0.1, -0.05) is 35.3 Å². The van der Waals surface area contributed by atoms with Crippen LogP contribution >= 0.6 is 35.0 Å². The maximum Gasteiger partial charge on any atom is 0.387 e. The van der Waals surface area contributed by atoms with Crippen molar-refractivity contribution in [3.63, 3.8) is 0 Å². The van der Waals surface area contributed by atoms with Crippen molar-refractivity contribution in [2.24, 2.45) is 5.92 Å². The van der Waals surface area contributed by atoms with Gasteiger partial charge in [0.2, 0.25) is 10.0 Å². The van der Waals surface area contributed by atoms with Crippen molar-refractivity contribution in [3.05, 3.63) is 86.8 Å². The monoisotopic (exact) mass is 745 g/mol. The lowest BCUT2D eigenvalue weighted by Gasteiger charge is -2.26. The summed E-state index contributed by atoms with van der Waals surface area (Å²) in [4.78, 5) is 27.5. The normalized spacial score (nSPS) is 17.3. The lowest BCUT2D eigenvalue weighted by Crippen LogP contribution is -2.40. The van der Waals surface area contributed by atoms with E-state index >= 15 is 0 Å². The van der Waals surface area contributed by atoms with Gasteiger partial charge in [0.05, 0.1) is 11.5 Å². The Morgan fingerprint density at radius 2 is 1.81 bits per heavy atom. The summed E-state index contributed by atoms with van der Waals surface area (Å²) in [6.07, 6.45) is 2.66. The number of esters is 1. The molecule has 0 bridgehead atoms. The third kappa shape index (κ3) is 8.43. The number of pyridine rings is 1. The van der Waals surface area contributed by atoms with Crippen LogP contribution in [0.15, 0.2) is 59.8 Å². The number of nitrogens with zero attached hydrogens (tertiary/aromatic N) is 3. The lowest BCUT2D eigenvalue weighted by atomic mass is 10.0. The first-order valence-corrected chi connectivity index (χ1v) is 17.9. The van der Waals surface area contributed by atoms with Crippen LogP contribution in [0.2, 0.25) is 10.0 Å². The van der Waals surface area contributed by atoms with E-state index < -0.39 is 40.0 Å². The first kappa shape index (κ1) is 35.9. The van der Waals surface area contributed by atoms with Gasteiger partial charge in [-0.25, -0.2) is 13.2 Å². The van der Waals surface area contributed by atoms with Gasteiger partial charge in [0.15, 0.2) is 29.3 Å². The standard InChI is InChI=1S/C31H31Cl2F2N3O8S2/c1-36(2)28(39)20-4-3-5-21(12-20)48(42,43)38-10-11-47-29(38)30(40)45-26(14-22-23(32)15-37(41)16-24(22)33)19-8-9-25(46-31(34)35)27(13-19)44-17-18-6-7-18/h3-5,8-9,12-13,15-16,18,26,29,31H,6-7,10-11,14,17H2,1-2H3/t26-,29-/m1/s1. The number of aromatic nitrogens is 1. The number of carbonyl (C=O) groups is 2. The minimum absolute atomic E-state index is 0.00463. The Balaban J connectivity index is 1.47. The number of benzene rings is 2. The molecule has 0 radical (unpaired) electrons. The highest BCUT2D eigenvalue weighted by Gasteiger charge is 2.42. The molecule has 1 saturated heterocycles. The van der Waals surface area contributed by atoms with Gasteiger partial charge in [0, 0.05) is 43.9 Å². The number of hydrogen-bond acceptors (Lipinski definition) is 9. The van der Waals surface area contributed by atoms with E-state index in [-0.39, 0.29) is 74.4 Å². The molecule has 17 heteroatoms. The lowest BCUT2D eigenvalue weighted by molar-refractivity contribution is -0.605. The summed E-state index contributed by atoms with van der Waals surface area (Å²) in [5.74, 6) is -0.985. The molecule has 2 aromatic carbocycles. The highest BCUT2D eigenvalue weighted by atomic mass is 35.5. The second-order valence-electron chi connectivity index (χ2n) is 11.3. The minimum Gasteiger partial charge on any atom is -0.619 e. The average Bonchev–Trinajstić information content (AvgIpc) is 3.72. The first-order chi connectivity index (χ1) is 22.7. The summed E-state index contributed by atoms with van der Waals surface area (Å²) in [5, 5.41) is 10.6. The fourth-order valence-electron chi connectivity index (χ4n) is 4.93. The Morgan fingerprint density at radius 1 is 1.10 bits per heavy atom. The molecule has 0 unspecified atom stereocenters. The Morgan fingerprint density at radius 3 is 2.46 bits per heavy atom. The third-order valence-corrected chi connectivity index (χ3v) is 11.4. The molecule has 0 spiro atoms. The topological polar surface area (TPSA) is 129 Å². The van der Waals surface area contributed by atoms with Crippen molar-refractivity contribution >= 4 is 56.9 Å². The molecule has 1 aliphatic carbocycles. The summed E-state index contributed by atoms with van der Waals surface area (Å²) < 4.78 is 71.8. The molecule has 2 fully saturated rings. The number of sulfonamides is 1. The fourth-order valence-corrected chi connectivity index (χ4v) is 8.62. The number of alkyl halides is 2. The van der Waals surface area contributed by atoms with Crippen molar-refractivity contribution in [1.29, 1.82) is 0 Å². The van der Waals surface area contributed by atoms with Gasteiger partial charge in [-0.05, 0) is 54.7 Å². The van der Waals surface area contributed by atoms with E-state index in [0.29, 0.717) is 4.73 Å². The Labute approximate surface area is 290 Å². The molecule has 2 heterocycles. The molecule has 3 aromatic rings. The molecule has 1 aromatic heterocycles. The molecule has 0 N–H and O–H groups in total. The SMILES string of the molecule is CN(C)C(=O)c1cccc(S(=O)(=O)N2CCS[C@@H]2C(=O)O[C@H](Cc2c(Cl)c[n+]([O-])cc2Cl)c2ccc(OC(F)F)c(OCC3CC3)c2)c1. The number of carbonyl (C=O) groups excluding carboxylic acids is 2. The van der Waals surface area contributed by atoms with Gasteiger partial charge < -0.3 is 24.3 Å². The second kappa shape index (κ2) is 15.0. The third-order valence-electron chi connectivity index (χ3n) is 7.58. The molecule has 2 aliphatic rings. The van der Waals surface area contributed by atoms with E-state index in [2.05, 4.69) is 4.74 Å². The number of hydrogen-bond donors (Lipinski definition) is 0. The van der Waals surface area contributed by atoms with Crippen molar-refractivity contribution < 1.29 is 45.7 Å². The predicted molar refractivity (Wildman–Crippen MR) is 174 cm³/mol. The van der Waals surface area contributed by atoms with Crippen LogP contribution < -0.4 is 14.2 Å². The molecular formula is C31H31Cl2F2N3O8S2. The molecular weight excluding hydrogens is 715 g/mol. The summed E-state index contributed by atoms with van der Waals surface area (Å²) in [6.45, 7) is -2.87. The van der Waals surface area contributed by atoms with Crippen LogP contribution in [0.25, 0.3) is 0 Å². The first-order valence-electron chi connectivity index (χ1n) is 14.7. The van der Waals surface area contributed by atoms with Gasteiger partial charge in [-0.15, -0.1) is 11.8 Å². The smallest absolute Gasteiger partial charge is 0.387 e. The number of thioether (sulfide) groups is 1. The van der Waals surface area contributed by atoms with E-state index in [1.807, 2.05) is 0 Å². The van der Waals surface area contributed by atoms with Crippen molar-refractivity contribution in [3.8, 4) is 11.5 Å². The van der Waals surface area contributed by atoms with E-state index in [4.69, 9.17) is 32.7 Å². The van der Waals surface area contributed by atoms with E-state index in [9.17, 15) is 32.0 Å². The number of ether oxygens (including phenoxy) is 3. The highest BCUT2D eigenvalue weighted by molar-refractivity contribution is 8.02. The van der Waals surface area contributed by atoms with Crippen LogP contribution in [-0.4, -0.2) is 74.5 Å². The highest BCUT2D eigenvalue weighted by Crippen LogP contribution is 2.39. The second-order valence-corrected chi connectivity index (χ2v) is 15.2. The zero-order valence-corrected chi connectivity index (χ0v) is 28.8. The van der Waals surface area contributed by atoms with Gasteiger partial charge in [0.1, 0.15) is 16.1 Å². The van der Waals surface area contributed by atoms with Crippen LogP contribution in [0, 0.1) is 11.1 Å². The predicted octanol–water partition coefficient (Wildman–Crippen LogP) is 5.31. The van der Waals surface area contributed by atoms with Gasteiger partial charge in [-0.3, -0.25) is 4.79 Å². The molecule has 1 amide bonds. The molecule has 1 saturated carbocycles. The summed E-state index contributed by atoms with van der Waals surface area (Å²) in [5.41, 5.74) is 0.693. The molecule has 5 rings (SSSR count). The Kier molecular flexibility index (Phi) is 11.2. The summed E-state index contributed by atoms with van der Waals surface area (Å²) in [7, 11) is -1.19. The van der Waals surface area contributed by atoms with Crippen LogP contribution in [0.3, 0.4) is 0 Å². The van der Waals surface area contributed by atoms with Gasteiger partial charge in [0.25, 0.3) is 5.91 Å². The van der Waals surface area contributed by atoms with E-state index in [0.717, 1.165) is 41.3 Å². The molecule has 258 valence electrons. The van der Waals surface area contributed by atoms with Crippen LogP contribution in [0.5, 0.6) is 11.5 Å². The minimum atomic E-state index is -4.27. The zero-order valence-electron chi connectivity index (χ0n) is 25.7. The molecule has 11 nitrogen and oxygen atoms in total. The largest absolute Gasteiger partial charge is 0.619 e. The number of halogens is 4. The average molecular weight is 747 g/mol. The van der Waals surface area contributed by atoms with Crippen LogP contribution in [-0.2, 0) is 26.0 Å². The fraction of sp³-hybridized carbons (Fsp3) is 0.387. The summed E-state index contributed by atoms with van der Waals surface area (Å²) in [6, 6.07) is 9.59. The maximum absolute atomic E-state index is 13.8. The van der Waals surface area contributed by atoms with Crippen molar-refractivity contribution in [1.82, 2.24) is 9.21 Å². The Bertz CT molecular complexity index is 1770. The number of amides is 1. The van der Waals surface area contributed by atoms with E-state index in [1.54, 1.807) is 14.1 Å². The molecule has 1 aliphatic heterocycles. The number of rotatable bonds is 13. The van der Waals surface area contributed by atoms with Gasteiger partial charge in [-0.2, -0.15) is 17.8 Å². The summed E-state index contributed by atoms with van der Waals surface area (Å²) >= 11 is 13.7. The maximum atomic E-state index is 13.8. The quantitative estimate of drug-likeness (QED) is 0.130. The van der Waals surface area contributed by atoms with E-state index in [1.165, 1.54) is 47.4 Å². The van der Waals surface area contributed by atoms with Crippen molar-refractivity contribution in [2.75, 3.05) is 33.0 Å². The zero-order chi connectivity index (χ0) is 34.7. The molecule has 2 atom stereocenters.